The lowest BCUT2D eigenvalue weighted by Gasteiger charge is -2.37. The molecule has 2 atom stereocenters. The SMILES string of the molecule is COc1c2c(cc3c1[C@@H](C[C@H](O)c1ccc4c(c1)OCO4)N(C)CC3)OCO2. The second kappa shape index (κ2) is 6.76. The number of rotatable bonds is 4. The third kappa shape index (κ3) is 2.73. The fourth-order valence-corrected chi connectivity index (χ4v) is 4.29. The summed E-state index contributed by atoms with van der Waals surface area (Å²) in [5, 5.41) is 11.0. The van der Waals surface area contributed by atoms with Crippen LogP contribution in [0, 0.1) is 0 Å². The zero-order chi connectivity index (χ0) is 19.3. The normalized spacial score (nSPS) is 20.8. The molecule has 0 saturated heterocycles. The van der Waals surface area contributed by atoms with E-state index in [9.17, 15) is 5.11 Å². The van der Waals surface area contributed by atoms with E-state index in [1.54, 1.807) is 7.11 Å². The maximum Gasteiger partial charge on any atom is 0.231 e. The summed E-state index contributed by atoms with van der Waals surface area (Å²) in [5.74, 6) is 3.48. The van der Waals surface area contributed by atoms with Crippen molar-refractivity contribution in [1.29, 1.82) is 0 Å². The van der Waals surface area contributed by atoms with Crippen molar-refractivity contribution in [2.75, 3.05) is 34.3 Å². The Morgan fingerprint density at radius 3 is 2.75 bits per heavy atom. The molecular weight excluding hydrogens is 362 g/mol. The first-order valence-corrected chi connectivity index (χ1v) is 9.43. The second-order valence-corrected chi connectivity index (χ2v) is 7.33. The maximum absolute atomic E-state index is 11.0. The summed E-state index contributed by atoms with van der Waals surface area (Å²) in [6.45, 7) is 1.32. The van der Waals surface area contributed by atoms with Gasteiger partial charge in [-0.05, 0) is 49.2 Å². The highest BCUT2D eigenvalue weighted by molar-refractivity contribution is 5.61. The van der Waals surface area contributed by atoms with Gasteiger partial charge in [0.25, 0.3) is 0 Å². The quantitative estimate of drug-likeness (QED) is 0.868. The first kappa shape index (κ1) is 17.5. The topological polar surface area (TPSA) is 69.6 Å². The van der Waals surface area contributed by atoms with Crippen LogP contribution in [0.15, 0.2) is 24.3 Å². The van der Waals surface area contributed by atoms with Crippen LogP contribution >= 0.6 is 0 Å². The highest BCUT2D eigenvalue weighted by atomic mass is 16.7. The van der Waals surface area contributed by atoms with E-state index in [0.29, 0.717) is 29.4 Å². The minimum Gasteiger partial charge on any atom is -0.492 e. The van der Waals surface area contributed by atoms with Gasteiger partial charge in [0.15, 0.2) is 23.0 Å². The molecule has 0 bridgehead atoms. The number of hydrogen-bond donors (Lipinski definition) is 1. The van der Waals surface area contributed by atoms with E-state index in [2.05, 4.69) is 11.9 Å². The molecule has 0 spiro atoms. The van der Waals surface area contributed by atoms with E-state index in [0.717, 1.165) is 29.8 Å². The van der Waals surface area contributed by atoms with E-state index in [1.807, 2.05) is 24.3 Å². The summed E-state index contributed by atoms with van der Waals surface area (Å²) >= 11 is 0. The molecule has 28 heavy (non-hydrogen) atoms. The Balaban J connectivity index is 1.49. The summed E-state index contributed by atoms with van der Waals surface area (Å²) in [7, 11) is 3.72. The summed E-state index contributed by atoms with van der Waals surface area (Å²) < 4.78 is 27.8. The van der Waals surface area contributed by atoms with Gasteiger partial charge in [-0.15, -0.1) is 0 Å². The monoisotopic (exact) mass is 385 g/mol. The van der Waals surface area contributed by atoms with E-state index in [4.69, 9.17) is 23.7 Å². The third-order valence-corrected chi connectivity index (χ3v) is 5.77. The number of aliphatic hydroxyl groups is 1. The van der Waals surface area contributed by atoms with Crippen LogP contribution in [0.25, 0.3) is 0 Å². The van der Waals surface area contributed by atoms with Gasteiger partial charge in [-0.25, -0.2) is 0 Å². The van der Waals surface area contributed by atoms with E-state index in [-0.39, 0.29) is 19.6 Å². The molecule has 3 heterocycles. The summed E-state index contributed by atoms with van der Waals surface area (Å²) in [5.41, 5.74) is 3.06. The third-order valence-electron chi connectivity index (χ3n) is 5.77. The summed E-state index contributed by atoms with van der Waals surface area (Å²) in [4.78, 5) is 2.25. The molecule has 3 aliphatic heterocycles. The van der Waals surface area contributed by atoms with Crippen molar-refractivity contribution in [3.63, 3.8) is 0 Å². The molecule has 0 radical (unpaired) electrons. The van der Waals surface area contributed by atoms with Gasteiger partial charge in [-0.1, -0.05) is 6.07 Å². The van der Waals surface area contributed by atoms with Gasteiger partial charge < -0.3 is 28.8 Å². The number of ether oxygens (including phenoxy) is 5. The summed E-state index contributed by atoms with van der Waals surface area (Å²) in [6.07, 6.45) is 0.775. The molecule has 0 saturated carbocycles. The molecule has 148 valence electrons. The lowest BCUT2D eigenvalue weighted by Crippen LogP contribution is -2.33. The standard InChI is InChI=1S/C21H23NO6/c1-22-6-5-13-8-18-20(28-11-27-18)21(24-2)19(13)14(22)9-15(23)12-3-4-16-17(7-12)26-10-25-16/h3-4,7-8,14-15,23H,5-6,9-11H2,1-2H3/t14-,15+/m1/s1. The molecule has 1 N–H and O–H groups in total. The highest BCUT2D eigenvalue weighted by Gasteiger charge is 2.35. The Labute approximate surface area is 163 Å². The fraction of sp³-hybridized carbons (Fsp3) is 0.429. The van der Waals surface area contributed by atoms with Crippen LogP contribution in [0.1, 0.15) is 35.3 Å². The predicted molar refractivity (Wildman–Crippen MR) is 100 cm³/mol. The number of nitrogens with zero attached hydrogens (tertiary/aromatic N) is 1. The lowest BCUT2D eigenvalue weighted by molar-refractivity contribution is 0.107. The van der Waals surface area contributed by atoms with Crippen LogP contribution in [0.4, 0.5) is 0 Å². The van der Waals surface area contributed by atoms with Crippen molar-refractivity contribution in [2.24, 2.45) is 0 Å². The van der Waals surface area contributed by atoms with Crippen LogP contribution in [-0.2, 0) is 6.42 Å². The molecule has 2 aromatic rings. The molecule has 2 aromatic carbocycles. The number of aliphatic hydroxyl groups excluding tert-OH is 1. The van der Waals surface area contributed by atoms with Gasteiger partial charge in [0.2, 0.25) is 19.3 Å². The van der Waals surface area contributed by atoms with Crippen molar-refractivity contribution in [3.8, 4) is 28.7 Å². The molecule has 0 amide bonds. The second-order valence-electron chi connectivity index (χ2n) is 7.33. The van der Waals surface area contributed by atoms with Crippen molar-refractivity contribution >= 4 is 0 Å². The molecule has 7 heteroatoms. The van der Waals surface area contributed by atoms with Crippen molar-refractivity contribution < 1.29 is 28.8 Å². The molecule has 5 rings (SSSR count). The molecule has 0 aliphatic carbocycles. The van der Waals surface area contributed by atoms with Crippen LogP contribution in [0.2, 0.25) is 0 Å². The molecule has 3 aliphatic rings. The smallest absolute Gasteiger partial charge is 0.231 e. The van der Waals surface area contributed by atoms with Gasteiger partial charge >= 0.3 is 0 Å². The van der Waals surface area contributed by atoms with Crippen molar-refractivity contribution in [3.05, 3.63) is 41.0 Å². The largest absolute Gasteiger partial charge is 0.492 e. The number of hydrogen-bond acceptors (Lipinski definition) is 7. The van der Waals surface area contributed by atoms with E-state index < -0.39 is 6.10 Å². The van der Waals surface area contributed by atoms with Crippen LogP contribution < -0.4 is 23.7 Å². The molecule has 0 fully saturated rings. The Hall–Kier alpha value is -2.64. The van der Waals surface area contributed by atoms with Crippen LogP contribution in [-0.4, -0.2) is 44.3 Å². The van der Waals surface area contributed by atoms with Gasteiger partial charge in [0, 0.05) is 18.2 Å². The lowest BCUT2D eigenvalue weighted by atomic mass is 9.87. The van der Waals surface area contributed by atoms with Crippen LogP contribution in [0.5, 0.6) is 28.7 Å². The van der Waals surface area contributed by atoms with Gasteiger partial charge in [0.1, 0.15) is 0 Å². The Morgan fingerprint density at radius 1 is 1.11 bits per heavy atom. The number of fused-ring (bicyclic) bond motifs is 3. The maximum atomic E-state index is 11.0. The molecule has 0 aromatic heterocycles. The molecular formula is C21H23NO6. The van der Waals surface area contributed by atoms with Crippen LogP contribution in [0.3, 0.4) is 0 Å². The van der Waals surface area contributed by atoms with Crippen molar-refractivity contribution in [1.82, 2.24) is 4.90 Å². The first-order valence-electron chi connectivity index (χ1n) is 9.43. The molecule has 7 nitrogen and oxygen atoms in total. The first-order chi connectivity index (χ1) is 13.7. The van der Waals surface area contributed by atoms with Gasteiger partial charge in [0.05, 0.1) is 13.2 Å². The number of benzene rings is 2. The minimum absolute atomic E-state index is 0.00590. The predicted octanol–water partition coefficient (Wildman–Crippen LogP) is 2.81. The van der Waals surface area contributed by atoms with Gasteiger partial charge in [-0.2, -0.15) is 0 Å². The van der Waals surface area contributed by atoms with Gasteiger partial charge in [-0.3, -0.25) is 4.90 Å². The Bertz CT molecular complexity index is 914. The van der Waals surface area contributed by atoms with E-state index >= 15 is 0 Å². The summed E-state index contributed by atoms with van der Waals surface area (Å²) in [6, 6.07) is 7.63. The minimum atomic E-state index is -0.650. The zero-order valence-electron chi connectivity index (χ0n) is 15.9. The zero-order valence-corrected chi connectivity index (χ0v) is 15.9. The Kier molecular flexibility index (Phi) is 4.21. The van der Waals surface area contributed by atoms with Crippen molar-refractivity contribution in [2.45, 2.75) is 25.0 Å². The average molecular weight is 385 g/mol. The number of methoxy groups -OCH3 is 1. The average Bonchev–Trinajstić information content (AvgIpc) is 3.36. The Morgan fingerprint density at radius 2 is 1.89 bits per heavy atom. The van der Waals surface area contributed by atoms with E-state index in [1.165, 1.54) is 5.56 Å². The fourth-order valence-electron chi connectivity index (χ4n) is 4.29. The highest BCUT2D eigenvalue weighted by Crippen LogP contribution is 2.51. The number of likely N-dealkylation sites (N-methyl/N-ethyl adjacent to an activating group) is 1. The molecule has 0 unspecified atom stereocenters.